The fraction of sp³-hybridized carbons (Fsp3) is 0.167. The zero-order chi connectivity index (χ0) is 25.2. The van der Waals surface area contributed by atoms with E-state index in [1.807, 2.05) is 23.5 Å². The van der Waals surface area contributed by atoms with Gasteiger partial charge in [-0.15, -0.1) is 0 Å². The van der Waals surface area contributed by atoms with E-state index in [0.717, 1.165) is 11.1 Å². The molecule has 35 heavy (non-hydrogen) atoms. The number of alkyl halides is 3. The summed E-state index contributed by atoms with van der Waals surface area (Å²) in [5.74, 6) is -0.870. The topological polar surface area (TPSA) is 102 Å². The van der Waals surface area contributed by atoms with Gasteiger partial charge < -0.3 is 14.8 Å². The summed E-state index contributed by atoms with van der Waals surface area (Å²) in [6, 6.07) is 12.2. The maximum atomic E-state index is 12.6. The molecule has 0 aliphatic rings. The number of methoxy groups -OCH3 is 2. The summed E-state index contributed by atoms with van der Waals surface area (Å²) in [4.78, 5) is 21.0. The van der Waals surface area contributed by atoms with Crippen LogP contribution in [-0.4, -0.2) is 47.2 Å². The van der Waals surface area contributed by atoms with Crippen LogP contribution < -0.4 is 14.8 Å². The Kier molecular flexibility index (Phi) is 6.29. The molecule has 11 heteroatoms. The second-order valence-corrected chi connectivity index (χ2v) is 7.38. The minimum atomic E-state index is -4.56. The third-order valence-corrected chi connectivity index (χ3v) is 5.20. The second-order valence-electron chi connectivity index (χ2n) is 7.38. The zero-order valence-corrected chi connectivity index (χ0v) is 18.6. The molecule has 0 unspecified atom stereocenters. The first-order valence-corrected chi connectivity index (χ1v) is 10.2. The molecule has 3 aromatic heterocycles. The highest BCUT2D eigenvalue weighted by atomic mass is 19.4. The number of benzene rings is 1. The molecule has 0 atom stereocenters. The van der Waals surface area contributed by atoms with Gasteiger partial charge in [0.1, 0.15) is 41.0 Å². The molecule has 0 aliphatic heterocycles. The highest BCUT2D eigenvalue weighted by Crippen LogP contribution is 2.36. The minimum absolute atomic E-state index is 0.0502. The standard InChI is InChI=1S/C24H18F3N5O3/c1-34-19-7-16(8-20(35-2)22(19)23(33)31-13-24(25,26)27)18-12-30-21-9-14(5-6-32(18)21)15-3-4-17(10-28)29-11-15/h3-9,11-12H,13H2,1-2H3,(H,31,33). The van der Waals surface area contributed by atoms with Crippen molar-refractivity contribution in [1.82, 2.24) is 19.7 Å². The zero-order valence-electron chi connectivity index (χ0n) is 18.6. The summed E-state index contributed by atoms with van der Waals surface area (Å²) in [5.41, 5.74) is 3.66. The molecule has 0 bridgehead atoms. The summed E-state index contributed by atoms with van der Waals surface area (Å²) < 4.78 is 50.1. The number of nitriles is 1. The highest BCUT2D eigenvalue weighted by Gasteiger charge is 2.30. The van der Waals surface area contributed by atoms with Gasteiger partial charge in [0.05, 0.1) is 26.1 Å². The van der Waals surface area contributed by atoms with E-state index in [1.165, 1.54) is 26.4 Å². The molecule has 1 amide bonds. The van der Waals surface area contributed by atoms with Crippen LogP contribution >= 0.6 is 0 Å². The molecular weight excluding hydrogens is 463 g/mol. The Morgan fingerprint density at radius 1 is 1.03 bits per heavy atom. The third kappa shape index (κ3) is 4.86. The van der Waals surface area contributed by atoms with Crippen molar-refractivity contribution in [2.24, 2.45) is 0 Å². The molecule has 8 nitrogen and oxygen atoms in total. The van der Waals surface area contributed by atoms with Gasteiger partial charge in [-0.2, -0.15) is 18.4 Å². The summed E-state index contributed by atoms with van der Waals surface area (Å²) in [5, 5.41) is 10.8. The van der Waals surface area contributed by atoms with E-state index >= 15 is 0 Å². The lowest BCUT2D eigenvalue weighted by atomic mass is 10.1. The number of ether oxygens (including phenoxy) is 2. The Labute approximate surface area is 197 Å². The van der Waals surface area contributed by atoms with Gasteiger partial charge in [0.25, 0.3) is 5.91 Å². The monoisotopic (exact) mass is 481 g/mol. The number of amides is 1. The number of hydrogen-bond acceptors (Lipinski definition) is 6. The predicted molar refractivity (Wildman–Crippen MR) is 120 cm³/mol. The molecule has 0 saturated heterocycles. The molecule has 178 valence electrons. The number of halogens is 3. The molecule has 3 heterocycles. The van der Waals surface area contributed by atoms with Crippen molar-refractivity contribution in [2.45, 2.75) is 6.18 Å². The van der Waals surface area contributed by atoms with Gasteiger partial charge in [-0.25, -0.2) is 9.97 Å². The van der Waals surface area contributed by atoms with Crippen LogP contribution in [-0.2, 0) is 0 Å². The number of fused-ring (bicyclic) bond motifs is 1. The summed E-state index contributed by atoms with van der Waals surface area (Å²) in [6.45, 7) is -1.48. The predicted octanol–water partition coefficient (Wildman–Crippen LogP) is 4.24. The van der Waals surface area contributed by atoms with E-state index in [9.17, 15) is 18.0 Å². The van der Waals surface area contributed by atoms with Gasteiger partial charge in [0, 0.05) is 23.5 Å². The van der Waals surface area contributed by atoms with Gasteiger partial charge in [-0.3, -0.25) is 9.20 Å². The van der Waals surface area contributed by atoms with Crippen molar-refractivity contribution in [2.75, 3.05) is 20.8 Å². The molecule has 0 spiro atoms. The number of aromatic nitrogens is 3. The number of carbonyl (C=O) groups is 1. The maximum Gasteiger partial charge on any atom is 0.405 e. The van der Waals surface area contributed by atoms with Crippen molar-refractivity contribution in [1.29, 1.82) is 5.26 Å². The van der Waals surface area contributed by atoms with Crippen molar-refractivity contribution in [3.63, 3.8) is 0 Å². The average Bonchev–Trinajstić information content (AvgIpc) is 3.29. The van der Waals surface area contributed by atoms with E-state index in [1.54, 1.807) is 35.1 Å². The third-order valence-electron chi connectivity index (χ3n) is 5.20. The second kappa shape index (κ2) is 9.34. The first-order valence-electron chi connectivity index (χ1n) is 10.2. The normalized spacial score (nSPS) is 11.2. The fourth-order valence-corrected chi connectivity index (χ4v) is 3.56. The van der Waals surface area contributed by atoms with Crippen LogP contribution in [0.2, 0.25) is 0 Å². The van der Waals surface area contributed by atoms with Gasteiger partial charge in [-0.1, -0.05) is 0 Å². The molecular formula is C24H18F3N5O3. The summed E-state index contributed by atoms with van der Waals surface area (Å²) in [7, 11) is 2.62. The molecule has 0 fully saturated rings. The number of carbonyl (C=O) groups excluding carboxylic acids is 1. The minimum Gasteiger partial charge on any atom is -0.496 e. The first kappa shape index (κ1) is 23.6. The number of hydrogen-bond donors (Lipinski definition) is 1. The highest BCUT2D eigenvalue weighted by molar-refractivity contribution is 6.00. The largest absolute Gasteiger partial charge is 0.496 e. The number of pyridine rings is 2. The van der Waals surface area contributed by atoms with Gasteiger partial charge in [-0.05, 0) is 42.0 Å². The summed E-state index contributed by atoms with van der Waals surface area (Å²) in [6.07, 6.45) is 0.466. The number of nitrogens with zero attached hydrogens (tertiary/aromatic N) is 4. The first-order chi connectivity index (χ1) is 16.7. The van der Waals surface area contributed by atoms with E-state index in [4.69, 9.17) is 14.7 Å². The van der Waals surface area contributed by atoms with E-state index < -0.39 is 18.6 Å². The van der Waals surface area contributed by atoms with Gasteiger partial charge in [0.15, 0.2) is 0 Å². The number of nitrogens with one attached hydrogen (secondary N) is 1. The van der Waals surface area contributed by atoms with E-state index in [0.29, 0.717) is 22.6 Å². The molecule has 0 saturated carbocycles. The van der Waals surface area contributed by atoms with Crippen molar-refractivity contribution < 1.29 is 27.4 Å². The maximum absolute atomic E-state index is 12.6. The van der Waals surface area contributed by atoms with Crippen molar-refractivity contribution in [3.8, 4) is 40.0 Å². The number of rotatable bonds is 6. The molecule has 0 aliphatic carbocycles. The Bertz CT molecular complexity index is 1410. The number of imidazole rings is 1. The average molecular weight is 481 g/mol. The molecule has 1 aromatic carbocycles. The Hall–Kier alpha value is -4.59. The SMILES string of the molecule is COc1cc(-c2cnc3cc(-c4ccc(C#N)nc4)ccn23)cc(OC)c1C(=O)NCC(F)(F)F. The Morgan fingerprint density at radius 2 is 1.74 bits per heavy atom. The molecule has 4 aromatic rings. The van der Waals surface area contributed by atoms with Crippen LogP contribution in [0.15, 0.2) is 55.0 Å². The fourth-order valence-electron chi connectivity index (χ4n) is 3.56. The van der Waals surface area contributed by atoms with Gasteiger partial charge >= 0.3 is 6.18 Å². The van der Waals surface area contributed by atoms with Crippen LogP contribution in [0, 0.1) is 11.3 Å². The quantitative estimate of drug-likeness (QED) is 0.442. The van der Waals surface area contributed by atoms with Crippen LogP contribution in [0.5, 0.6) is 11.5 Å². The van der Waals surface area contributed by atoms with Crippen molar-refractivity contribution in [3.05, 3.63) is 66.2 Å². The van der Waals surface area contributed by atoms with E-state index in [2.05, 4.69) is 9.97 Å². The molecule has 0 radical (unpaired) electrons. The molecule has 1 N–H and O–H groups in total. The van der Waals surface area contributed by atoms with Gasteiger partial charge in [0.2, 0.25) is 0 Å². The lowest BCUT2D eigenvalue weighted by Crippen LogP contribution is -2.34. The van der Waals surface area contributed by atoms with Crippen molar-refractivity contribution >= 4 is 11.6 Å². The Balaban J connectivity index is 1.72. The lowest BCUT2D eigenvalue weighted by Gasteiger charge is -2.16. The van der Waals surface area contributed by atoms with E-state index in [-0.39, 0.29) is 17.1 Å². The van der Waals surface area contributed by atoms with Crippen LogP contribution in [0.4, 0.5) is 13.2 Å². The van der Waals surface area contributed by atoms with Crippen LogP contribution in [0.1, 0.15) is 16.1 Å². The Morgan fingerprint density at radius 3 is 2.31 bits per heavy atom. The summed E-state index contributed by atoms with van der Waals surface area (Å²) >= 11 is 0. The van der Waals surface area contributed by atoms with Crippen LogP contribution in [0.3, 0.4) is 0 Å². The molecule has 4 rings (SSSR count). The van der Waals surface area contributed by atoms with Crippen LogP contribution in [0.25, 0.3) is 28.0 Å². The smallest absolute Gasteiger partial charge is 0.405 e. The lowest BCUT2D eigenvalue weighted by molar-refractivity contribution is -0.123.